The molecular formula is C15H27N3O. The molecule has 3 aliphatic rings. The first-order valence-corrected chi connectivity index (χ1v) is 8.01. The Kier molecular flexibility index (Phi) is 4.08. The van der Waals surface area contributed by atoms with Crippen LogP contribution in [0.3, 0.4) is 0 Å². The third kappa shape index (κ3) is 3.48. The molecule has 2 bridgehead atoms. The largest absolute Gasteiger partial charge is 0.355 e. The number of piperidine rings is 1. The summed E-state index contributed by atoms with van der Waals surface area (Å²) in [6.07, 6.45) is 7.70. The summed E-state index contributed by atoms with van der Waals surface area (Å²) >= 11 is 0. The summed E-state index contributed by atoms with van der Waals surface area (Å²) in [5.74, 6) is 0.994. The van der Waals surface area contributed by atoms with Gasteiger partial charge in [0.15, 0.2) is 0 Å². The molecule has 0 spiro atoms. The van der Waals surface area contributed by atoms with Gasteiger partial charge in [0.2, 0.25) is 5.91 Å². The molecule has 3 fully saturated rings. The van der Waals surface area contributed by atoms with E-state index >= 15 is 0 Å². The highest BCUT2D eigenvalue weighted by Gasteiger charge is 2.36. The molecule has 4 nitrogen and oxygen atoms in total. The van der Waals surface area contributed by atoms with Gasteiger partial charge in [-0.05, 0) is 51.0 Å². The second kappa shape index (κ2) is 5.80. The van der Waals surface area contributed by atoms with Gasteiger partial charge < -0.3 is 10.6 Å². The summed E-state index contributed by atoms with van der Waals surface area (Å²) < 4.78 is 0. The average Bonchev–Trinajstić information content (AvgIpc) is 3.19. The first-order chi connectivity index (χ1) is 9.24. The van der Waals surface area contributed by atoms with Gasteiger partial charge in [0.25, 0.3) is 0 Å². The minimum Gasteiger partial charge on any atom is -0.355 e. The summed E-state index contributed by atoms with van der Waals surface area (Å²) in [6.45, 7) is 4.65. The van der Waals surface area contributed by atoms with E-state index in [9.17, 15) is 4.79 Å². The zero-order valence-corrected chi connectivity index (χ0v) is 12.0. The number of hydrogen-bond acceptors (Lipinski definition) is 3. The SMILES string of the molecule is CCN(CC(=O)NCC1CC1)C1CC2CCC(C1)N2. The van der Waals surface area contributed by atoms with Crippen molar-refractivity contribution >= 4 is 5.91 Å². The van der Waals surface area contributed by atoms with E-state index in [1.54, 1.807) is 0 Å². The Morgan fingerprint density at radius 3 is 2.47 bits per heavy atom. The van der Waals surface area contributed by atoms with E-state index in [4.69, 9.17) is 0 Å². The lowest BCUT2D eigenvalue weighted by atomic mass is 9.98. The van der Waals surface area contributed by atoms with Gasteiger partial charge in [-0.2, -0.15) is 0 Å². The maximum atomic E-state index is 12.0. The third-order valence-corrected chi connectivity index (χ3v) is 5.00. The lowest BCUT2D eigenvalue weighted by Gasteiger charge is -2.36. The maximum Gasteiger partial charge on any atom is 0.234 e. The van der Waals surface area contributed by atoms with E-state index in [2.05, 4.69) is 22.5 Å². The van der Waals surface area contributed by atoms with E-state index in [0.29, 0.717) is 24.7 Å². The highest BCUT2D eigenvalue weighted by molar-refractivity contribution is 5.78. The van der Waals surface area contributed by atoms with Crippen molar-refractivity contribution in [2.75, 3.05) is 19.6 Å². The van der Waals surface area contributed by atoms with E-state index in [1.165, 1.54) is 38.5 Å². The van der Waals surface area contributed by atoms with Crippen LogP contribution >= 0.6 is 0 Å². The van der Waals surface area contributed by atoms with Crippen molar-refractivity contribution in [2.45, 2.75) is 63.6 Å². The second-order valence-corrected chi connectivity index (χ2v) is 6.57. The Bertz CT molecular complexity index is 317. The molecule has 1 amide bonds. The van der Waals surface area contributed by atoms with Crippen molar-refractivity contribution < 1.29 is 4.79 Å². The van der Waals surface area contributed by atoms with Crippen LogP contribution in [0.25, 0.3) is 0 Å². The van der Waals surface area contributed by atoms with Crippen molar-refractivity contribution in [3.05, 3.63) is 0 Å². The second-order valence-electron chi connectivity index (χ2n) is 6.57. The number of likely N-dealkylation sites (N-methyl/N-ethyl adjacent to an activating group) is 1. The van der Waals surface area contributed by atoms with Gasteiger partial charge in [-0.3, -0.25) is 9.69 Å². The molecule has 1 aliphatic carbocycles. The average molecular weight is 265 g/mol. The van der Waals surface area contributed by atoms with Crippen LogP contribution in [-0.2, 0) is 4.79 Å². The van der Waals surface area contributed by atoms with Crippen LogP contribution in [0, 0.1) is 5.92 Å². The molecule has 3 rings (SSSR count). The molecule has 108 valence electrons. The number of fused-ring (bicyclic) bond motifs is 2. The lowest BCUT2D eigenvalue weighted by molar-refractivity contribution is -0.123. The Labute approximate surface area is 116 Å². The molecule has 2 saturated heterocycles. The van der Waals surface area contributed by atoms with Crippen molar-refractivity contribution in [3.8, 4) is 0 Å². The first kappa shape index (κ1) is 13.4. The Balaban J connectivity index is 1.47. The van der Waals surface area contributed by atoms with E-state index < -0.39 is 0 Å². The molecule has 0 radical (unpaired) electrons. The molecule has 1 saturated carbocycles. The van der Waals surface area contributed by atoms with Crippen LogP contribution in [0.15, 0.2) is 0 Å². The molecular weight excluding hydrogens is 238 g/mol. The highest BCUT2D eigenvalue weighted by Crippen LogP contribution is 2.30. The van der Waals surface area contributed by atoms with Crippen LogP contribution < -0.4 is 10.6 Å². The van der Waals surface area contributed by atoms with Gasteiger partial charge in [0.05, 0.1) is 6.54 Å². The van der Waals surface area contributed by atoms with Gasteiger partial charge in [-0.15, -0.1) is 0 Å². The Morgan fingerprint density at radius 1 is 1.21 bits per heavy atom. The molecule has 4 heteroatoms. The smallest absolute Gasteiger partial charge is 0.234 e. The summed E-state index contributed by atoms with van der Waals surface area (Å²) in [5.41, 5.74) is 0. The number of carbonyl (C=O) groups is 1. The predicted octanol–water partition coefficient (Wildman–Crippen LogP) is 1.12. The molecule has 0 aromatic heterocycles. The molecule has 2 heterocycles. The minimum absolute atomic E-state index is 0.222. The predicted molar refractivity (Wildman–Crippen MR) is 75.9 cm³/mol. The summed E-state index contributed by atoms with van der Waals surface area (Å²) in [7, 11) is 0. The topological polar surface area (TPSA) is 44.4 Å². The minimum atomic E-state index is 0.222. The van der Waals surface area contributed by atoms with Crippen LogP contribution in [0.4, 0.5) is 0 Å². The fraction of sp³-hybridized carbons (Fsp3) is 0.933. The molecule has 0 aromatic carbocycles. The summed E-state index contributed by atoms with van der Waals surface area (Å²) in [5, 5.41) is 6.76. The summed E-state index contributed by atoms with van der Waals surface area (Å²) in [6, 6.07) is 2.01. The monoisotopic (exact) mass is 265 g/mol. The number of hydrogen-bond donors (Lipinski definition) is 2. The number of amides is 1. The summed E-state index contributed by atoms with van der Waals surface area (Å²) in [4.78, 5) is 14.4. The molecule has 0 aromatic rings. The van der Waals surface area contributed by atoms with Crippen molar-refractivity contribution in [3.63, 3.8) is 0 Å². The van der Waals surface area contributed by atoms with Crippen LogP contribution in [0.2, 0.25) is 0 Å². The maximum absolute atomic E-state index is 12.0. The van der Waals surface area contributed by atoms with Gasteiger partial charge >= 0.3 is 0 Å². The van der Waals surface area contributed by atoms with Crippen molar-refractivity contribution in [2.24, 2.45) is 5.92 Å². The molecule has 2 unspecified atom stereocenters. The van der Waals surface area contributed by atoms with Crippen molar-refractivity contribution in [1.29, 1.82) is 0 Å². The fourth-order valence-electron chi connectivity index (χ4n) is 3.64. The number of nitrogens with one attached hydrogen (secondary N) is 2. The molecule has 2 N–H and O–H groups in total. The highest BCUT2D eigenvalue weighted by atomic mass is 16.2. The zero-order valence-electron chi connectivity index (χ0n) is 12.0. The molecule has 2 atom stereocenters. The number of carbonyl (C=O) groups excluding carboxylic acids is 1. The van der Waals surface area contributed by atoms with Crippen molar-refractivity contribution in [1.82, 2.24) is 15.5 Å². The zero-order chi connectivity index (χ0) is 13.2. The van der Waals surface area contributed by atoms with E-state index in [0.717, 1.165) is 19.0 Å². The lowest BCUT2D eigenvalue weighted by Crippen LogP contribution is -2.50. The van der Waals surface area contributed by atoms with E-state index in [1.807, 2.05) is 0 Å². The number of nitrogens with zero attached hydrogens (tertiary/aromatic N) is 1. The normalized spacial score (nSPS) is 33.7. The van der Waals surface area contributed by atoms with Crippen LogP contribution in [-0.4, -0.2) is 48.6 Å². The Morgan fingerprint density at radius 2 is 1.89 bits per heavy atom. The fourth-order valence-corrected chi connectivity index (χ4v) is 3.64. The molecule has 19 heavy (non-hydrogen) atoms. The number of rotatable bonds is 6. The van der Waals surface area contributed by atoms with Gasteiger partial charge in [0, 0.05) is 24.7 Å². The van der Waals surface area contributed by atoms with Crippen LogP contribution in [0.5, 0.6) is 0 Å². The first-order valence-electron chi connectivity index (χ1n) is 8.01. The van der Waals surface area contributed by atoms with Gasteiger partial charge in [-0.25, -0.2) is 0 Å². The molecule has 2 aliphatic heterocycles. The van der Waals surface area contributed by atoms with Crippen LogP contribution in [0.1, 0.15) is 45.4 Å². The third-order valence-electron chi connectivity index (χ3n) is 5.00. The standard InChI is InChI=1S/C15H27N3O/c1-2-18(10-15(19)16-9-11-3-4-11)14-7-12-5-6-13(8-14)17-12/h11-14,17H,2-10H2,1H3,(H,16,19). The van der Waals surface area contributed by atoms with Gasteiger partial charge in [0.1, 0.15) is 0 Å². The van der Waals surface area contributed by atoms with Gasteiger partial charge in [-0.1, -0.05) is 6.92 Å². The quantitative estimate of drug-likeness (QED) is 0.756. The van der Waals surface area contributed by atoms with E-state index in [-0.39, 0.29) is 5.91 Å². The Hall–Kier alpha value is -0.610.